The summed E-state index contributed by atoms with van der Waals surface area (Å²) in [5.41, 5.74) is 0. The minimum atomic E-state index is -0.621. The topological polar surface area (TPSA) is 18.5 Å². The summed E-state index contributed by atoms with van der Waals surface area (Å²) in [5, 5.41) is 0. The van der Waals surface area contributed by atoms with Gasteiger partial charge in [-0.05, 0) is 0 Å². The van der Waals surface area contributed by atoms with Crippen molar-refractivity contribution in [2.45, 2.75) is 24.7 Å². The van der Waals surface area contributed by atoms with Gasteiger partial charge in [0.25, 0.3) is 0 Å². The Hall–Kier alpha value is 1.52. The van der Waals surface area contributed by atoms with Gasteiger partial charge in [-0.3, -0.25) is 0 Å². The van der Waals surface area contributed by atoms with Crippen molar-refractivity contribution in [2.75, 3.05) is 13.2 Å². The van der Waals surface area contributed by atoms with Gasteiger partial charge in [0.1, 0.15) is 0 Å². The van der Waals surface area contributed by atoms with E-state index in [1.165, 1.54) is 10.9 Å². The third-order valence-corrected chi connectivity index (χ3v) is 5.04. The first-order valence-corrected chi connectivity index (χ1v) is 9.40. The molecule has 0 heterocycles. The number of rotatable bonds is 7. The molecule has 0 saturated heterocycles. The third-order valence-electron chi connectivity index (χ3n) is 1.16. The van der Waals surface area contributed by atoms with Crippen LogP contribution in [0.5, 0.6) is 0 Å². The van der Waals surface area contributed by atoms with E-state index >= 15 is 0 Å². The van der Waals surface area contributed by atoms with Crippen LogP contribution in [0.3, 0.4) is 0 Å². The SMILES string of the molecule is CC(C)C[O][SnH][CH2]CC[O][SnH2]. The van der Waals surface area contributed by atoms with Crippen LogP contribution in [-0.4, -0.2) is 57.7 Å². The average Bonchev–Trinajstić information content (AvgIpc) is 1.96. The van der Waals surface area contributed by atoms with Crippen molar-refractivity contribution in [3.8, 4) is 0 Å². The molecule has 2 nitrogen and oxygen atoms in total. The van der Waals surface area contributed by atoms with Crippen LogP contribution >= 0.6 is 0 Å². The predicted octanol–water partition coefficient (Wildman–Crippen LogP) is 0.384. The Balaban J connectivity index is 2.80. The summed E-state index contributed by atoms with van der Waals surface area (Å²) in [4.78, 5) is 0. The van der Waals surface area contributed by atoms with Gasteiger partial charge in [-0.2, -0.15) is 0 Å². The zero-order valence-corrected chi connectivity index (χ0v) is 14.8. The molecular formula is C7H18O2Sn2. The Labute approximate surface area is 93.8 Å². The summed E-state index contributed by atoms with van der Waals surface area (Å²) in [6.07, 6.45) is 1.23. The standard InChI is InChI=1S/C4H9O.C3H6O.2Sn.3H/c1-4(2)3-5;1-2-3-4;;;;;/h4H,3H2,1-2H3;1-3H2;;;;;/q2*-1;2*+1;;;. The molecule has 0 fully saturated rings. The maximum absolute atomic E-state index is 5.59. The van der Waals surface area contributed by atoms with Crippen LogP contribution in [0, 0.1) is 5.92 Å². The second kappa shape index (κ2) is 9.60. The molecule has 0 rings (SSSR count). The molecule has 0 aromatic rings. The van der Waals surface area contributed by atoms with Crippen molar-refractivity contribution in [3.05, 3.63) is 0 Å². The molecule has 0 bridgehead atoms. The molecule has 0 N–H and O–H groups in total. The van der Waals surface area contributed by atoms with Crippen LogP contribution in [0.1, 0.15) is 20.3 Å². The molecular weight excluding hydrogens is 353 g/mol. The molecule has 4 heteroatoms. The molecule has 0 saturated carbocycles. The van der Waals surface area contributed by atoms with Crippen molar-refractivity contribution in [2.24, 2.45) is 5.92 Å². The number of hydrogen-bond donors (Lipinski definition) is 0. The molecule has 0 aromatic heterocycles. The predicted molar refractivity (Wildman–Crippen MR) is 51.9 cm³/mol. The zero-order chi connectivity index (χ0) is 8.53. The van der Waals surface area contributed by atoms with Crippen LogP contribution in [0.4, 0.5) is 0 Å². The van der Waals surface area contributed by atoms with Crippen molar-refractivity contribution in [3.63, 3.8) is 0 Å². The fraction of sp³-hybridized carbons (Fsp3) is 1.00. The molecule has 0 atom stereocenters. The molecule has 0 aliphatic rings. The molecule has 2 radical (unpaired) electrons. The van der Waals surface area contributed by atoms with E-state index in [0.29, 0.717) is 28.9 Å². The minimum absolute atomic E-state index is 0.621. The summed E-state index contributed by atoms with van der Waals surface area (Å²) in [5.74, 6) is 0.706. The van der Waals surface area contributed by atoms with Crippen molar-refractivity contribution in [1.29, 1.82) is 0 Å². The van der Waals surface area contributed by atoms with Gasteiger partial charge >= 0.3 is 94.5 Å². The van der Waals surface area contributed by atoms with Gasteiger partial charge in [0.2, 0.25) is 0 Å². The molecule has 0 aliphatic heterocycles. The van der Waals surface area contributed by atoms with Gasteiger partial charge in [0.15, 0.2) is 0 Å². The summed E-state index contributed by atoms with van der Waals surface area (Å²) in [7, 11) is 0. The number of hydrogen-bond acceptors (Lipinski definition) is 2. The summed E-state index contributed by atoms with van der Waals surface area (Å²) in [6, 6.07) is 0. The quantitative estimate of drug-likeness (QED) is 0.476. The molecule has 0 aromatic carbocycles. The summed E-state index contributed by atoms with van der Waals surface area (Å²) in [6.45, 7) is 6.35. The van der Waals surface area contributed by atoms with Gasteiger partial charge in [-0.15, -0.1) is 0 Å². The fourth-order valence-corrected chi connectivity index (χ4v) is 4.11. The first-order valence-electron chi connectivity index (χ1n) is 4.07. The van der Waals surface area contributed by atoms with Crippen molar-refractivity contribution in [1.82, 2.24) is 0 Å². The fourth-order valence-electron chi connectivity index (χ4n) is 0.613. The van der Waals surface area contributed by atoms with E-state index in [4.69, 9.17) is 6.15 Å². The monoisotopic (exact) mass is 374 g/mol. The van der Waals surface area contributed by atoms with Crippen LogP contribution in [0.25, 0.3) is 0 Å². The van der Waals surface area contributed by atoms with E-state index in [-0.39, 0.29) is 0 Å². The normalized spacial score (nSPS) is 10.9. The Kier molecular flexibility index (Phi) is 10.9. The van der Waals surface area contributed by atoms with Crippen LogP contribution in [0.15, 0.2) is 0 Å². The van der Waals surface area contributed by atoms with Gasteiger partial charge < -0.3 is 0 Å². The van der Waals surface area contributed by atoms with Crippen LogP contribution in [-0.2, 0) is 6.15 Å². The molecule has 0 amide bonds. The third kappa shape index (κ3) is 11.5. The maximum atomic E-state index is 5.59. The van der Waals surface area contributed by atoms with Gasteiger partial charge in [0.05, 0.1) is 0 Å². The summed E-state index contributed by atoms with van der Waals surface area (Å²) < 4.78 is 12.0. The van der Waals surface area contributed by atoms with Crippen LogP contribution < -0.4 is 0 Å². The van der Waals surface area contributed by atoms with Crippen molar-refractivity contribution >= 4 is 44.5 Å². The Morgan fingerprint density at radius 3 is 2.73 bits per heavy atom. The van der Waals surface area contributed by atoms with E-state index in [0.717, 1.165) is 13.2 Å². The van der Waals surface area contributed by atoms with Gasteiger partial charge in [-0.25, -0.2) is 0 Å². The zero-order valence-electron chi connectivity index (χ0n) is 7.51. The van der Waals surface area contributed by atoms with Gasteiger partial charge in [-0.1, -0.05) is 0 Å². The van der Waals surface area contributed by atoms with Crippen LogP contribution in [0.2, 0.25) is 4.44 Å². The average molecular weight is 372 g/mol. The summed E-state index contributed by atoms with van der Waals surface area (Å²) >= 11 is 0.0708. The second-order valence-corrected chi connectivity index (χ2v) is 7.66. The van der Waals surface area contributed by atoms with E-state index in [9.17, 15) is 0 Å². The Morgan fingerprint density at radius 1 is 1.45 bits per heavy atom. The molecule has 0 spiro atoms. The van der Waals surface area contributed by atoms with E-state index in [1.54, 1.807) is 0 Å². The van der Waals surface area contributed by atoms with E-state index in [1.807, 2.05) is 0 Å². The first-order chi connectivity index (χ1) is 5.27. The van der Waals surface area contributed by atoms with Crippen molar-refractivity contribution < 1.29 is 6.15 Å². The molecule has 0 unspecified atom stereocenters. The molecule has 66 valence electrons. The second-order valence-electron chi connectivity index (χ2n) is 2.94. The van der Waals surface area contributed by atoms with Gasteiger partial charge in [0, 0.05) is 0 Å². The molecule has 0 aliphatic carbocycles. The van der Waals surface area contributed by atoms with E-state index < -0.39 is 21.6 Å². The Morgan fingerprint density at radius 2 is 2.18 bits per heavy atom. The molecule has 11 heavy (non-hydrogen) atoms. The Bertz CT molecular complexity index is 78.8. The van der Waals surface area contributed by atoms with E-state index in [2.05, 4.69) is 13.8 Å². The first kappa shape index (κ1) is 12.5.